The molecule has 0 aliphatic heterocycles. The van der Waals surface area contributed by atoms with E-state index in [4.69, 9.17) is 19.9 Å². The summed E-state index contributed by atoms with van der Waals surface area (Å²) in [5.74, 6) is -0.973. The Labute approximate surface area is 307 Å². The molecule has 1 aromatic heterocycles. The van der Waals surface area contributed by atoms with Gasteiger partial charge in [-0.1, -0.05) is 42.8 Å². The number of hydrogen-bond donors (Lipinski definition) is 5. The Morgan fingerprint density at radius 2 is 1.67 bits per heavy atom. The molecule has 6 N–H and O–H groups in total. The maximum atomic E-state index is 13.3. The molecule has 0 bridgehead atoms. The number of pyridine rings is 1. The number of carbonyl (C=O) groups excluding carboxylic acids is 5. The van der Waals surface area contributed by atoms with Gasteiger partial charge in [0.2, 0.25) is 11.8 Å². The fraction of sp³-hybridized carbons (Fsp3) is 0.333. The Bertz CT molecular complexity index is 1650. The molecule has 0 saturated heterocycles. The van der Waals surface area contributed by atoms with E-state index in [0.717, 1.165) is 5.03 Å². The summed E-state index contributed by atoms with van der Waals surface area (Å²) in [6.07, 6.45) is 0.300. The van der Waals surface area contributed by atoms with Crippen LogP contribution in [0.5, 0.6) is 5.75 Å². The number of nitrogens with zero attached hydrogens (tertiary/aromatic N) is 2. The minimum absolute atomic E-state index is 0.0675. The Morgan fingerprint density at radius 1 is 0.942 bits per heavy atom. The number of benzene rings is 2. The fourth-order valence-electron chi connectivity index (χ4n) is 4.24. The maximum absolute atomic E-state index is 13.3. The van der Waals surface area contributed by atoms with E-state index < -0.39 is 47.1 Å². The predicted octanol–water partition coefficient (Wildman–Crippen LogP) is 4.77. The number of hydrogen-bond acceptors (Lipinski definition) is 13. The molecule has 0 saturated carbocycles. The molecule has 1 unspecified atom stereocenters. The number of nitro benzene ring substituents is 1. The van der Waals surface area contributed by atoms with Gasteiger partial charge in [0.1, 0.15) is 36.1 Å². The number of non-ortho nitro benzene ring substituents is 1. The molecule has 0 fully saturated rings. The molecular weight excluding hydrogens is 719 g/mol. The standard InChI is InChI=1S/C33H39N7O10S2/c1-21(2)28(39-32(44)48-18-19-51-52-27-7-3-4-16-35-27)30(42)38-26(6-5-17-36-31(34)43)29(41)37-23-10-8-22(9-11-23)20-49-33(45)50-25-14-12-24(13-15-25)40(46)47/h3-4,7-16,21,26,28H,5-6,17-20H2,1-2H3,(H,37,41)(H,38,42)(H,39,44)(H3,34,36,43)/t26?,28-/m0/s1. The summed E-state index contributed by atoms with van der Waals surface area (Å²) in [5, 5.41) is 22.0. The molecule has 0 aliphatic carbocycles. The van der Waals surface area contributed by atoms with Gasteiger partial charge < -0.3 is 41.2 Å². The van der Waals surface area contributed by atoms with Gasteiger partial charge in [-0.25, -0.2) is 19.4 Å². The first-order chi connectivity index (χ1) is 24.9. The Kier molecular flexibility index (Phi) is 17.0. The topological polar surface area (TPSA) is 243 Å². The lowest BCUT2D eigenvalue weighted by Gasteiger charge is -2.25. The summed E-state index contributed by atoms with van der Waals surface area (Å²) in [4.78, 5) is 76.8. The number of rotatable bonds is 19. The highest BCUT2D eigenvalue weighted by atomic mass is 33.1. The van der Waals surface area contributed by atoms with Crippen LogP contribution in [0.3, 0.4) is 0 Å². The first kappa shape index (κ1) is 40.9. The van der Waals surface area contributed by atoms with Crippen LogP contribution in [0.2, 0.25) is 0 Å². The van der Waals surface area contributed by atoms with Gasteiger partial charge in [0.15, 0.2) is 0 Å². The Balaban J connectivity index is 1.52. The van der Waals surface area contributed by atoms with Crippen LogP contribution in [-0.4, -0.2) is 71.0 Å². The molecule has 3 aromatic rings. The second-order valence-corrected chi connectivity index (χ2v) is 13.6. The third kappa shape index (κ3) is 15.1. The molecule has 19 heteroatoms. The summed E-state index contributed by atoms with van der Waals surface area (Å²) in [6.45, 7) is 3.55. The third-order valence-corrected chi connectivity index (χ3v) is 9.06. The zero-order valence-electron chi connectivity index (χ0n) is 28.3. The van der Waals surface area contributed by atoms with Crippen molar-refractivity contribution in [2.24, 2.45) is 11.7 Å². The van der Waals surface area contributed by atoms with Crippen LogP contribution >= 0.6 is 21.6 Å². The third-order valence-electron chi connectivity index (χ3n) is 6.83. The van der Waals surface area contributed by atoms with Crippen molar-refractivity contribution in [2.75, 3.05) is 24.2 Å². The predicted molar refractivity (Wildman–Crippen MR) is 193 cm³/mol. The minimum atomic E-state index is -1.06. The number of ether oxygens (including phenoxy) is 3. The van der Waals surface area contributed by atoms with E-state index in [1.54, 1.807) is 44.3 Å². The van der Waals surface area contributed by atoms with Crippen LogP contribution in [0.4, 0.5) is 25.8 Å². The number of anilines is 1. The lowest BCUT2D eigenvalue weighted by molar-refractivity contribution is -0.384. The molecule has 0 spiro atoms. The molecule has 0 aliphatic rings. The number of nitrogens with two attached hydrogens (primary N) is 1. The number of nitro groups is 1. The van der Waals surface area contributed by atoms with Crippen LogP contribution in [0.25, 0.3) is 0 Å². The monoisotopic (exact) mass is 757 g/mol. The molecule has 0 radical (unpaired) electrons. The molecule has 52 heavy (non-hydrogen) atoms. The van der Waals surface area contributed by atoms with Crippen LogP contribution < -0.4 is 31.7 Å². The highest BCUT2D eigenvalue weighted by Gasteiger charge is 2.29. The largest absolute Gasteiger partial charge is 0.514 e. The smallest absolute Gasteiger partial charge is 0.449 e. The number of nitrogens with one attached hydrogen (secondary N) is 4. The first-order valence-electron chi connectivity index (χ1n) is 15.9. The van der Waals surface area contributed by atoms with Gasteiger partial charge >= 0.3 is 18.3 Å². The van der Waals surface area contributed by atoms with Crippen molar-refractivity contribution in [1.29, 1.82) is 0 Å². The molecule has 2 aromatic carbocycles. The van der Waals surface area contributed by atoms with Crippen molar-refractivity contribution >= 4 is 63.1 Å². The van der Waals surface area contributed by atoms with Crippen molar-refractivity contribution in [3.05, 3.63) is 88.6 Å². The van der Waals surface area contributed by atoms with Crippen LogP contribution in [0.15, 0.2) is 78.0 Å². The maximum Gasteiger partial charge on any atom is 0.514 e. The lowest BCUT2D eigenvalue weighted by Crippen LogP contribution is -2.54. The molecule has 2 atom stereocenters. The Hall–Kier alpha value is -5.56. The number of primary amides is 1. The number of urea groups is 1. The average molecular weight is 758 g/mol. The summed E-state index contributed by atoms with van der Waals surface area (Å²) in [7, 11) is 2.90. The zero-order valence-corrected chi connectivity index (χ0v) is 29.9. The van der Waals surface area contributed by atoms with Crippen LogP contribution in [0, 0.1) is 16.0 Å². The van der Waals surface area contributed by atoms with Gasteiger partial charge in [-0.05, 0) is 71.5 Å². The summed E-state index contributed by atoms with van der Waals surface area (Å²) in [6, 6.07) is 14.0. The highest BCUT2D eigenvalue weighted by molar-refractivity contribution is 8.76. The van der Waals surface area contributed by atoms with Gasteiger partial charge in [-0.2, -0.15) is 0 Å². The molecule has 1 heterocycles. The van der Waals surface area contributed by atoms with Crippen LogP contribution in [-0.2, 0) is 25.7 Å². The molecule has 3 rings (SSSR count). The van der Waals surface area contributed by atoms with E-state index in [0.29, 0.717) is 23.4 Å². The van der Waals surface area contributed by atoms with Crippen molar-refractivity contribution in [1.82, 2.24) is 20.9 Å². The summed E-state index contributed by atoms with van der Waals surface area (Å²) < 4.78 is 15.4. The average Bonchev–Trinajstić information content (AvgIpc) is 3.11. The molecule has 5 amide bonds. The minimum Gasteiger partial charge on any atom is -0.449 e. The first-order valence-corrected chi connectivity index (χ1v) is 18.2. The quantitative estimate of drug-likeness (QED) is 0.0277. The van der Waals surface area contributed by atoms with Gasteiger partial charge in [-0.15, -0.1) is 0 Å². The lowest BCUT2D eigenvalue weighted by atomic mass is 10.0. The second-order valence-electron chi connectivity index (χ2n) is 11.1. The van der Waals surface area contributed by atoms with Gasteiger partial charge in [0.25, 0.3) is 5.69 Å². The van der Waals surface area contributed by atoms with Crippen molar-refractivity contribution < 1.29 is 43.1 Å². The highest BCUT2D eigenvalue weighted by Crippen LogP contribution is 2.28. The van der Waals surface area contributed by atoms with E-state index in [1.807, 2.05) is 18.2 Å². The number of amides is 5. The number of alkyl carbamates (subject to hydrolysis) is 1. The summed E-state index contributed by atoms with van der Waals surface area (Å²) >= 11 is 0. The van der Waals surface area contributed by atoms with Gasteiger partial charge in [0, 0.05) is 36.3 Å². The van der Waals surface area contributed by atoms with Crippen LogP contribution in [0.1, 0.15) is 32.3 Å². The van der Waals surface area contributed by atoms with E-state index in [2.05, 4.69) is 26.3 Å². The van der Waals surface area contributed by atoms with E-state index in [-0.39, 0.29) is 43.5 Å². The fourth-order valence-corrected chi connectivity index (χ4v) is 5.94. The van der Waals surface area contributed by atoms with Crippen molar-refractivity contribution in [2.45, 2.75) is 50.4 Å². The molecule has 17 nitrogen and oxygen atoms in total. The van der Waals surface area contributed by atoms with Gasteiger partial charge in [0.05, 0.1) is 4.92 Å². The SMILES string of the molecule is CC(C)[C@H](NC(=O)OCCSSc1ccccn1)C(=O)NC(CCCNC(N)=O)C(=O)Nc1ccc(COC(=O)Oc2ccc([N+](=O)[O-])cc2)cc1. The number of carbonyl (C=O) groups is 5. The summed E-state index contributed by atoms with van der Waals surface area (Å²) in [5.41, 5.74) is 5.91. The second kappa shape index (κ2) is 21.6. The normalized spacial score (nSPS) is 11.8. The number of aromatic nitrogens is 1. The van der Waals surface area contributed by atoms with Crippen molar-refractivity contribution in [3.8, 4) is 5.75 Å². The van der Waals surface area contributed by atoms with E-state index >= 15 is 0 Å². The molecule has 278 valence electrons. The molecular formula is C33H39N7O10S2. The van der Waals surface area contributed by atoms with E-state index in [9.17, 15) is 34.1 Å². The Morgan fingerprint density at radius 3 is 2.31 bits per heavy atom. The van der Waals surface area contributed by atoms with Gasteiger partial charge in [-0.3, -0.25) is 19.7 Å². The van der Waals surface area contributed by atoms with E-state index in [1.165, 1.54) is 45.9 Å². The zero-order chi connectivity index (χ0) is 37.9. The van der Waals surface area contributed by atoms with Crippen molar-refractivity contribution in [3.63, 3.8) is 0 Å².